The van der Waals surface area contributed by atoms with Crippen molar-refractivity contribution < 1.29 is 14.3 Å². The fourth-order valence-corrected chi connectivity index (χ4v) is 1.04. The Morgan fingerprint density at radius 3 is 2.71 bits per heavy atom. The lowest BCUT2D eigenvalue weighted by atomic mass is 10.2. The highest BCUT2D eigenvalue weighted by Crippen LogP contribution is 2.20. The molecule has 1 N–H and O–H groups in total. The number of carbonyl (C=O) groups is 1. The standard InChI is InChI=1S/C9H6N2O3/c12-9(13)8-2-1-7(14-8)6-3-4-10-11-5-6/h1-5H,(H,12,13). The third-order valence-electron chi connectivity index (χ3n) is 1.69. The van der Waals surface area contributed by atoms with Crippen LogP contribution in [0.3, 0.4) is 0 Å². The maximum absolute atomic E-state index is 10.5. The summed E-state index contributed by atoms with van der Waals surface area (Å²) in [5.41, 5.74) is 0.701. The first-order valence-electron chi connectivity index (χ1n) is 3.87. The monoisotopic (exact) mass is 190 g/mol. The van der Waals surface area contributed by atoms with E-state index in [9.17, 15) is 4.79 Å². The second kappa shape index (κ2) is 3.29. The summed E-state index contributed by atoms with van der Waals surface area (Å²) in [4.78, 5) is 10.5. The molecule has 2 heterocycles. The van der Waals surface area contributed by atoms with Gasteiger partial charge in [-0.25, -0.2) is 4.79 Å². The molecule has 0 unspecified atom stereocenters. The van der Waals surface area contributed by atoms with Crippen molar-refractivity contribution in [3.05, 3.63) is 36.4 Å². The molecule has 0 aliphatic carbocycles. The molecule has 0 aliphatic rings. The van der Waals surface area contributed by atoms with Gasteiger partial charge in [-0.2, -0.15) is 10.2 Å². The van der Waals surface area contributed by atoms with Crippen molar-refractivity contribution in [2.45, 2.75) is 0 Å². The summed E-state index contributed by atoms with van der Waals surface area (Å²) in [6.45, 7) is 0. The molecule has 5 heteroatoms. The van der Waals surface area contributed by atoms with Gasteiger partial charge >= 0.3 is 5.97 Å². The Morgan fingerprint density at radius 2 is 2.14 bits per heavy atom. The molecule has 0 aliphatic heterocycles. The molecule has 0 saturated carbocycles. The van der Waals surface area contributed by atoms with Crippen molar-refractivity contribution in [1.29, 1.82) is 0 Å². The van der Waals surface area contributed by atoms with Gasteiger partial charge in [0.2, 0.25) is 5.76 Å². The lowest BCUT2D eigenvalue weighted by molar-refractivity contribution is 0.0663. The Bertz CT molecular complexity index is 450. The average molecular weight is 190 g/mol. The smallest absolute Gasteiger partial charge is 0.371 e. The predicted molar refractivity (Wildman–Crippen MR) is 46.7 cm³/mol. The molecule has 0 amide bonds. The van der Waals surface area contributed by atoms with E-state index in [4.69, 9.17) is 9.52 Å². The quantitative estimate of drug-likeness (QED) is 0.775. The molecule has 0 saturated heterocycles. The van der Waals surface area contributed by atoms with Crippen LogP contribution in [-0.4, -0.2) is 21.3 Å². The first-order valence-corrected chi connectivity index (χ1v) is 3.87. The number of nitrogens with zero attached hydrogens (tertiary/aromatic N) is 2. The van der Waals surface area contributed by atoms with E-state index in [1.165, 1.54) is 18.5 Å². The largest absolute Gasteiger partial charge is 0.475 e. The minimum atomic E-state index is -1.08. The van der Waals surface area contributed by atoms with Crippen molar-refractivity contribution in [2.75, 3.05) is 0 Å². The topological polar surface area (TPSA) is 76.2 Å². The zero-order valence-electron chi connectivity index (χ0n) is 7.04. The summed E-state index contributed by atoms with van der Waals surface area (Å²) in [6, 6.07) is 4.68. The zero-order valence-corrected chi connectivity index (χ0v) is 7.04. The van der Waals surface area contributed by atoms with Crippen LogP contribution in [-0.2, 0) is 0 Å². The minimum Gasteiger partial charge on any atom is -0.475 e. The maximum atomic E-state index is 10.5. The van der Waals surface area contributed by atoms with Crippen LogP contribution >= 0.6 is 0 Å². The molecular weight excluding hydrogens is 184 g/mol. The van der Waals surface area contributed by atoms with E-state index in [1.54, 1.807) is 12.1 Å². The van der Waals surface area contributed by atoms with E-state index in [0.29, 0.717) is 11.3 Å². The van der Waals surface area contributed by atoms with Crippen molar-refractivity contribution >= 4 is 5.97 Å². The van der Waals surface area contributed by atoms with Crippen LogP contribution in [0.2, 0.25) is 0 Å². The zero-order chi connectivity index (χ0) is 9.97. The fraction of sp³-hybridized carbons (Fsp3) is 0. The molecule has 0 radical (unpaired) electrons. The third kappa shape index (κ3) is 1.47. The molecule has 70 valence electrons. The Kier molecular flexibility index (Phi) is 1.98. The number of furan rings is 1. The van der Waals surface area contributed by atoms with Crippen molar-refractivity contribution in [3.63, 3.8) is 0 Å². The summed E-state index contributed by atoms with van der Waals surface area (Å²) in [5, 5.41) is 15.9. The minimum absolute atomic E-state index is 0.0863. The van der Waals surface area contributed by atoms with Gasteiger partial charge in [0.05, 0.1) is 12.4 Å². The van der Waals surface area contributed by atoms with Gasteiger partial charge in [0, 0.05) is 5.56 Å². The molecular formula is C9H6N2O3. The maximum Gasteiger partial charge on any atom is 0.371 e. The highest BCUT2D eigenvalue weighted by molar-refractivity contribution is 5.85. The van der Waals surface area contributed by atoms with Crippen LogP contribution in [0.15, 0.2) is 35.0 Å². The summed E-state index contributed by atoms with van der Waals surface area (Å²) in [6.07, 6.45) is 3.02. The van der Waals surface area contributed by atoms with E-state index in [-0.39, 0.29) is 5.76 Å². The Balaban J connectivity index is 2.39. The Labute approximate surface area is 79.0 Å². The number of aromatic carboxylic acids is 1. The third-order valence-corrected chi connectivity index (χ3v) is 1.69. The molecule has 0 fully saturated rings. The summed E-state index contributed by atoms with van der Waals surface area (Å²) >= 11 is 0. The number of hydrogen-bond acceptors (Lipinski definition) is 4. The average Bonchev–Trinajstić information content (AvgIpc) is 2.68. The number of hydrogen-bond donors (Lipinski definition) is 1. The summed E-state index contributed by atoms with van der Waals surface area (Å²) < 4.78 is 5.06. The Morgan fingerprint density at radius 1 is 1.29 bits per heavy atom. The van der Waals surface area contributed by atoms with Crippen LogP contribution in [0.1, 0.15) is 10.6 Å². The highest BCUT2D eigenvalue weighted by Gasteiger charge is 2.09. The summed E-state index contributed by atoms with van der Waals surface area (Å²) in [5.74, 6) is -0.702. The van der Waals surface area contributed by atoms with Crippen molar-refractivity contribution in [2.24, 2.45) is 0 Å². The normalized spacial score (nSPS) is 10.0. The van der Waals surface area contributed by atoms with Gasteiger partial charge in [-0.05, 0) is 18.2 Å². The molecule has 2 rings (SSSR count). The lowest BCUT2D eigenvalue weighted by Gasteiger charge is -1.92. The van der Waals surface area contributed by atoms with Gasteiger partial charge in [0.15, 0.2) is 0 Å². The van der Waals surface area contributed by atoms with Gasteiger partial charge in [-0.1, -0.05) is 0 Å². The van der Waals surface area contributed by atoms with E-state index in [1.807, 2.05) is 0 Å². The van der Waals surface area contributed by atoms with Crippen molar-refractivity contribution in [1.82, 2.24) is 10.2 Å². The molecule has 0 spiro atoms. The molecule has 14 heavy (non-hydrogen) atoms. The van der Waals surface area contributed by atoms with Gasteiger partial charge in [-0.3, -0.25) is 0 Å². The Hall–Kier alpha value is -2.17. The van der Waals surface area contributed by atoms with Gasteiger partial charge < -0.3 is 9.52 Å². The lowest BCUT2D eigenvalue weighted by Crippen LogP contribution is -1.91. The van der Waals surface area contributed by atoms with E-state index in [0.717, 1.165) is 0 Å². The molecule has 0 aromatic carbocycles. The van der Waals surface area contributed by atoms with Crippen LogP contribution in [0.4, 0.5) is 0 Å². The SMILES string of the molecule is O=C(O)c1ccc(-c2ccnnc2)o1. The van der Waals surface area contributed by atoms with Crippen molar-refractivity contribution in [3.8, 4) is 11.3 Å². The number of aromatic nitrogens is 2. The highest BCUT2D eigenvalue weighted by atomic mass is 16.4. The summed E-state index contributed by atoms with van der Waals surface area (Å²) in [7, 11) is 0. The van der Waals surface area contributed by atoms with Gasteiger partial charge in [0.25, 0.3) is 0 Å². The van der Waals surface area contributed by atoms with Crippen LogP contribution in [0.5, 0.6) is 0 Å². The molecule has 5 nitrogen and oxygen atoms in total. The first kappa shape index (κ1) is 8.43. The van der Waals surface area contributed by atoms with Gasteiger partial charge in [0.1, 0.15) is 5.76 Å². The number of carboxylic acid groups (broad SMARTS) is 1. The van der Waals surface area contributed by atoms with Gasteiger partial charge in [-0.15, -0.1) is 0 Å². The number of carboxylic acids is 1. The first-order chi connectivity index (χ1) is 6.77. The molecule has 0 atom stereocenters. The van der Waals surface area contributed by atoms with Crippen LogP contribution in [0.25, 0.3) is 11.3 Å². The molecule has 2 aromatic heterocycles. The van der Waals surface area contributed by atoms with E-state index >= 15 is 0 Å². The second-order valence-corrected chi connectivity index (χ2v) is 2.60. The number of rotatable bonds is 2. The molecule has 0 bridgehead atoms. The molecule has 2 aromatic rings. The predicted octanol–water partition coefficient (Wildman–Crippen LogP) is 1.43. The second-order valence-electron chi connectivity index (χ2n) is 2.60. The van der Waals surface area contributed by atoms with E-state index in [2.05, 4.69) is 10.2 Å². The van der Waals surface area contributed by atoms with Crippen LogP contribution < -0.4 is 0 Å². The van der Waals surface area contributed by atoms with E-state index < -0.39 is 5.97 Å². The fourth-order valence-electron chi connectivity index (χ4n) is 1.04. The van der Waals surface area contributed by atoms with Crippen LogP contribution in [0, 0.1) is 0 Å².